The summed E-state index contributed by atoms with van der Waals surface area (Å²) >= 11 is 12.5. The van der Waals surface area contributed by atoms with Crippen molar-refractivity contribution in [2.24, 2.45) is 10.6 Å². The third-order valence-electron chi connectivity index (χ3n) is 5.90. The molecule has 0 saturated heterocycles. The van der Waals surface area contributed by atoms with Crippen molar-refractivity contribution >= 4 is 50.6 Å². The smallest absolute Gasteiger partial charge is 0.238 e. The van der Waals surface area contributed by atoms with E-state index in [2.05, 4.69) is 0 Å². The molecule has 0 saturated carbocycles. The number of amides is 1. The molecule has 0 fully saturated rings. The highest BCUT2D eigenvalue weighted by molar-refractivity contribution is 7.89. The van der Waals surface area contributed by atoms with E-state index >= 15 is 0 Å². The summed E-state index contributed by atoms with van der Waals surface area (Å²) in [4.78, 5) is 28.2. The Kier molecular flexibility index (Phi) is 5.74. The quantitative estimate of drug-likeness (QED) is 0.664. The van der Waals surface area contributed by atoms with Gasteiger partial charge in [-0.3, -0.25) is 14.5 Å². The molecule has 0 spiro atoms. The van der Waals surface area contributed by atoms with Gasteiger partial charge in [-0.05, 0) is 53.8 Å². The maximum Gasteiger partial charge on any atom is 0.238 e. The molecule has 6 nitrogen and oxygen atoms in total. The van der Waals surface area contributed by atoms with E-state index in [1.807, 2.05) is 13.8 Å². The zero-order valence-corrected chi connectivity index (χ0v) is 19.9. The van der Waals surface area contributed by atoms with Crippen molar-refractivity contribution in [3.05, 3.63) is 69.3 Å². The van der Waals surface area contributed by atoms with Gasteiger partial charge in [-0.1, -0.05) is 43.1 Å². The highest BCUT2D eigenvalue weighted by atomic mass is 35.5. The minimum absolute atomic E-state index is 0.0223. The number of nitrogens with two attached hydrogens (primary N) is 1. The minimum Gasteiger partial charge on any atom is -0.294 e. The Bertz CT molecular complexity index is 1270. The Labute approximate surface area is 197 Å². The summed E-state index contributed by atoms with van der Waals surface area (Å²) in [5.74, 6) is -0.689. The van der Waals surface area contributed by atoms with Crippen LogP contribution in [-0.4, -0.2) is 20.1 Å². The van der Waals surface area contributed by atoms with Crippen molar-refractivity contribution in [1.29, 1.82) is 0 Å². The molecule has 2 aliphatic rings. The first-order valence-electron chi connectivity index (χ1n) is 10.0. The molecule has 4 rings (SSSR count). The van der Waals surface area contributed by atoms with Crippen molar-refractivity contribution in [2.75, 3.05) is 4.90 Å². The fourth-order valence-electron chi connectivity index (χ4n) is 4.55. The number of sulfonamides is 1. The molecular weight excluding hydrogens is 471 g/mol. The molecule has 32 heavy (non-hydrogen) atoms. The summed E-state index contributed by atoms with van der Waals surface area (Å²) in [6.45, 7) is 3.97. The van der Waals surface area contributed by atoms with Gasteiger partial charge in [0.2, 0.25) is 15.9 Å². The topological polar surface area (TPSA) is 97.5 Å². The summed E-state index contributed by atoms with van der Waals surface area (Å²) in [5.41, 5.74) is 2.04. The predicted octanol–water partition coefficient (Wildman–Crippen LogP) is 4.80. The summed E-state index contributed by atoms with van der Waals surface area (Å²) < 4.78 is 23.2. The summed E-state index contributed by atoms with van der Waals surface area (Å²) in [6, 6.07) is 10.8. The number of allylic oxidation sites excluding steroid dienone is 2. The van der Waals surface area contributed by atoms with Crippen LogP contribution in [0.25, 0.3) is 0 Å². The number of hydrogen-bond acceptors (Lipinski definition) is 4. The number of hydrogen-bond donors (Lipinski definition) is 1. The van der Waals surface area contributed by atoms with Gasteiger partial charge in [0.25, 0.3) is 0 Å². The monoisotopic (exact) mass is 492 g/mol. The normalized spacial score (nSPS) is 21.0. The maximum atomic E-state index is 13.4. The standard InChI is InChI=1S/C23H22Cl2N2O4S/c1-23(2)11-19-22(20(28)12-23)17(16-8-3-13(24)9-18(16)25)10-21(29)27(19)14-4-6-15(7-5-14)32(26,30)31/h3-9,17H,10-12H2,1-2H3,(H2,26,30,31). The largest absolute Gasteiger partial charge is 0.294 e. The Morgan fingerprint density at radius 1 is 1.03 bits per heavy atom. The molecule has 1 atom stereocenters. The number of nitrogens with zero attached hydrogens (tertiary/aromatic N) is 1. The molecule has 9 heteroatoms. The first-order chi connectivity index (χ1) is 14.9. The first-order valence-corrected chi connectivity index (χ1v) is 12.3. The number of ketones is 1. The van der Waals surface area contributed by atoms with Crippen LogP contribution in [0.1, 0.15) is 44.6 Å². The second-order valence-electron chi connectivity index (χ2n) is 8.99. The van der Waals surface area contributed by atoms with Crippen LogP contribution < -0.4 is 10.0 Å². The highest BCUT2D eigenvalue weighted by Gasteiger charge is 2.44. The lowest BCUT2D eigenvalue weighted by Gasteiger charge is -2.43. The molecule has 0 bridgehead atoms. The van der Waals surface area contributed by atoms with Crippen LogP contribution in [-0.2, 0) is 19.6 Å². The SMILES string of the molecule is CC1(C)CC(=O)C2=C(C1)N(c1ccc(S(N)(=O)=O)cc1)C(=O)CC2c1ccc(Cl)cc1Cl. The van der Waals surface area contributed by atoms with E-state index in [0.717, 1.165) is 0 Å². The summed E-state index contributed by atoms with van der Waals surface area (Å²) in [6.07, 6.45) is 0.932. The molecule has 2 aromatic rings. The molecular formula is C23H22Cl2N2O4S. The second-order valence-corrected chi connectivity index (χ2v) is 11.4. The molecule has 168 valence electrons. The fraction of sp³-hybridized carbons (Fsp3) is 0.304. The number of Topliss-reactive ketones (excluding diaryl/α,β-unsaturated/α-hetero) is 1. The number of carbonyl (C=O) groups is 2. The maximum absolute atomic E-state index is 13.4. The van der Waals surface area contributed by atoms with Gasteiger partial charge < -0.3 is 0 Å². The summed E-state index contributed by atoms with van der Waals surface area (Å²) in [7, 11) is -3.86. The van der Waals surface area contributed by atoms with Crippen molar-refractivity contribution in [1.82, 2.24) is 0 Å². The van der Waals surface area contributed by atoms with Crippen LogP contribution >= 0.6 is 23.2 Å². The summed E-state index contributed by atoms with van der Waals surface area (Å²) in [5, 5.41) is 6.08. The van der Waals surface area contributed by atoms with Crippen LogP contribution in [0.15, 0.2) is 58.6 Å². The molecule has 2 N–H and O–H groups in total. The van der Waals surface area contributed by atoms with E-state index in [1.54, 1.807) is 18.2 Å². The molecule has 1 aliphatic carbocycles. The molecule has 1 heterocycles. The second kappa shape index (κ2) is 7.99. The molecule has 2 aromatic carbocycles. The Balaban J connectivity index is 1.88. The van der Waals surface area contributed by atoms with E-state index in [1.165, 1.54) is 29.2 Å². The number of carbonyl (C=O) groups excluding carboxylic acids is 2. The zero-order chi connectivity index (χ0) is 23.4. The lowest BCUT2D eigenvalue weighted by atomic mass is 9.69. The van der Waals surface area contributed by atoms with Gasteiger partial charge in [0, 0.05) is 45.8 Å². The Hall–Kier alpha value is -2.19. The number of halogens is 2. The van der Waals surface area contributed by atoms with Gasteiger partial charge >= 0.3 is 0 Å². The predicted molar refractivity (Wildman–Crippen MR) is 124 cm³/mol. The van der Waals surface area contributed by atoms with E-state index in [0.29, 0.717) is 45.4 Å². The molecule has 0 radical (unpaired) electrons. The zero-order valence-electron chi connectivity index (χ0n) is 17.6. The van der Waals surface area contributed by atoms with E-state index < -0.39 is 15.9 Å². The number of primary sulfonamides is 1. The lowest BCUT2D eigenvalue weighted by Crippen LogP contribution is -2.43. The molecule has 1 aliphatic heterocycles. The third-order valence-corrected chi connectivity index (χ3v) is 7.40. The van der Waals surface area contributed by atoms with Crippen molar-refractivity contribution in [3.63, 3.8) is 0 Å². The Morgan fingerprint density at radius 3 is 2.28 bits per heavy atom. The molecule has 1 amide bonds. The van der Waals surface area contributed by atoms with Crippen molar-refractivity contribution < 1.29 is 18.0 Å². The number of rotatable bonds is 3. The van der Waals surface area contributed by atoms with E-state index in [4.69, 9.17) is 28.3 Å². The van der Waals surface area contributed by atoms with Crippen LogP contribution in [0.3, 0.4) is 0 Å². The molecule has 1 unspecified atom stereocenters. The molecule has 0 aromatic heterocycles. The minimum atomic E-state index is -3.86. The fourth-order valence-corrected chi connectivity index (χ4v) is 5.61. The highest BCUT2D eigenvalue weighted by Crippen LogP contribution is 2.49. The van der Waals surface area contributed by atoms with Crippen molar-refractivity contribution in [2.45, 2.75) is 43.9 Å². The van der Waals surface area contributed by atoms with Crippen molar-refractivity contribution in [3.8, 4) is 0 Å². The van der Waals surface area contributed by atoms with Gasteiger partial charge in [-0.25, -0.2) is 13.6 Å². The number of anilines is 1. The average Bonchev–Trinajstić information content (AvgIpc) is 2.66. The average molecular weight is 493 g/mol. The van der Waals surface area contributed by atoms with E-state index in [-0.39, 0.29) is 28.4 Å². The number of benzene rings is 2. The van der Waals surface area contributed by atoms with Crippen LogP contribution in [0.5, 0.6) is 0 Å². The lowest BCUT2D eigenvalue weighted by molar-refractivity contribution is -0.121. The first kappa shape index (κ1) is 23.0. The van der Waals surface area contributed by atoms with Gasteiger partial charge in [-0.2, -0.15) is 0 Å². The van der Waals surface area contributed by atoms with Crippen LogP contribution in [0, 0.1) is 5.41 Å². The van der Waals surface area contributed by atoms with Gasteiger partial charge in [-0.15, -0.1) is 0 Å². The van der Waals surface area contributed by atoms with Crippen LogP contribution in [0.4, 0.5) is 5.69 Å². The Morgan fingerprint density at radius 2 is 1.69 bits per heavy atom. The van der Waals surface area contributed by atoms with Gasteiger partial charge in [0.1, 0.15) is 0 Å². The third kappa shape index (κ3) is 4.22. The van der Waals surface area contributed by atoms with Gasteiger partial charge in [0.05, 0.1) is 4.90 Å². The van der Waals surface area contributed by atoms with Crippen LogP contribution in [0.2, 0.25) is 10.0 Å². The van der Waals surface area contributed by atoms with E-state index in [9.17, 15) is 18.0 Å². The van der Waals surface area contributed by atoms with Gasteiger partial charge in [0.15, 0.2) is 5.78 Å².